The van der Waals surface area contributed by atoms with Crippen LogP contribution in [0.15, 0.2) is 24.3 Å². The third-order valence-electron chi connectivity index (χ3n) is 3.29. The summed E-state index contributed by atoms with van der Waals surface area (Å²) in [6.07, 6.45) is 0. The number of rotatable bonds is 1. The van der Waals surface area contributed by atoms with Crippen LogP contribution in [-0.4, -0.2) is 13.2 Å². The van der Waals surface area contributed by atoms with Gasteiger partial charge < -0.3 is 4.74 Å². The summed E-state index contributed by atoms with van der Waals surface area (Å²) >= 11 is 0. The molecule has 0 amide bonds. The fourth-order valence-corrected chi connectivity index (χ4v) is 1.95. The first kappa shape index (κ1) is 10.7. The SMILES string of the molecule is CC(C)(C)c1ccc(C2(C)COC2)cc1. The fraction of sp³-hybridized carbons (Fsp3) is 0.571. The molecule has 1 saturated heterocycles. The van der Waals surface area contributed by atoms with E-state index in [0.717, 1.165) is 13.2 Å². The molecule has 1 aliphatic rings. The zero-order chi connectivity index (χ0) is 11.1. The molecule has 0 aliphatic carbocycles. The van der Waals surface area contributed by atoms with Crippen LogP contribution in [0.2, 0.25) is 0 Å². The third-order valence-corrected chi connectivity index (χ3v) is 3.29. The van der Waals surface area contributed by atoms with Gasteiger partial charge in [0.25, 0.3) is 0 Å². The van der Waals surface area contributed by atoms with Gasteiger partial charge in [0.15, 0.2) is 0 Å². The predicted molar refractivity (Wildman–Crippen MR) is 63.3 cm³/mol. The molecular formula is C14H20O. The average Bonchev–Trinajstić information content (AvgIpc) is 2.13. The maximum Gasteiger partial charge on any atom is 0.0582 e. The molecule has 1 heterocycles. The zero-order valence-electron chi connectivity index (χ0n) is 10.1. The van der Waals surface area contributed by atoms with E-state index in [1.165, 1.54) is 11.1 Å². The van der Waals surface area contributed by atoms with E-state index >= 15 is 0 Å². The Kier molecular flexibility index (Phi) is 2.38. The molecule has 1 nitrogen and oxygen atoms in total. The number of hydrogen-bond acceptors (Lipinski definition) is 1. The summed E-state index contributed by atoms with van der Waals surface area (Å²) in [6.45, 7) is 10.7. The Morgan fingerprint density at radius 3 is 1.93 bits per heavy atom. The van der Waals surface area contributed by atoms with Crippen molar-refractivity contribution in [2.45, 2.75) is 38.5 Å². The lowest BCUT2D eigenvalue weighted by atomic mass is 9.79. The van der Waals surface area contributed by atoms with E-state index in [0.29, 0.717) is 0 Å². The van der Waals surface area contributed by atoms with E-state index in [1.54, 1.807) is 0 Å². The Labute approximate surface area is 92.5 Å². The van der Waals surface area contributed by atoms with Crippen LogP contribution in [0.5, 0.6) is 0 Å². The number of hydrogen-bond donors (Lipinski definition) is 0. The molecule has 82 valence electrons. The summed E-state index contributed by atoms with van der Waals surface area (Å²) in [5.74, 6) is 0. The monoisotopic (exact) mass is 204 g/mol. The van der Waals surface area contributed by atoms with E-state index in [-0.39, 0.29) is 10.8 Å². The molecule has 1 fully saturated rings. The molecule has 2 rings (SSSR count). The normalized spacial score (nSPS) is 19.7. The molecular weight excluding hydrogens is 184 g/mol. The topological polar surface area (TPSA) is 9.23 Å². The molecule has 0 bridgehead atoms. The van der Waals surface area contributed by atoms with Crippen molar-refractivity contribution in [3.8, 4) is 0 Å². The maximum absolute atomic E-state index is 5.29. The Balaban J connectivity index is 2.24. The highest BCUT2D eigenvalue weighted by atomic mass is 16.5. The molecule has 1 aliphatic heterocycles. The molecule has 1 aromatic rings. The second-order valence-electron chi connectivity index (χ2n) is 5.88. The maximum atomic E-state index is 5.29. The van der Waals surface area contributed by atoms with Crippen molar-refractivity contribution >= 4 is 0 Å². The van der Waals surface area contributed by atoms with Gasteiger partial charge in [-0.3, -0.25) is 0 Å². The van der Waals surface area contributed by atoms with Crippen LogP contribution in [0.1, 0.15) is 38.8 Å². The second kappa shape index (κ2) is 3.34. The molecule has 0 atom stereocenters. The smallest absolute Gasteiger partial charge is 0.0582 e. The first-order chi connectivity index (χ1) is 6.92. The first-order valence-corrected chi connectivity index (χ1v) is 5.61. The van der Waals surface area contributed by atoms with Gasteiger partial charge in [0.05, 0.1) is 13.2 Å². The van der Waals surface area contributed by atoms with Gasteiger partial charge in [-0.15, -0.1) is 0 Å². The Morgan fingerprint density at radius 1 is 1.07 bits per heavy atom. The Bertz CT molecular complexity index is 339. The van der Waals surface area contributed by atoms with Crippen LogP contribution in [0.25, 0.3) is 0 Å². The molecule has 0 spiro atoms. The molecule has 1 aromatic carbocycles. The van der Waals surface area contributed by atoms with Crippen LogP contribution < -0.4 is 0 Å². The number of ether oxygens (including phenoxy) is 1. The Hall–Kier alpha value is -0.820. The molecule has 15 heavy (non-hydrogen) atoms. The lowest BCUT2D eigenvalue weighted by Crippen LogP contribution is -2.43. The summed E-state index contributed by atoms with van der Waals surface area (Å²) < 4.78 is 5.29. The highest BCUT2D eigenvalue weighted by Crippen LogP contribution is 2.33. The van der Waals surface area contributed by atoms with Gasteiger partial charge >= 0.3 is 0 Å². The summed E-state index contributed by atoms with van der Waals surface area (Å²) in [6, 6.07) is 9.00. The minimum absolute atomic E-state index is 0.246. The third kappa shape index (κ3) is 1.93. The second-order valence-corrected chi connectivity index (χ2v) is 5.88. The summed E-state index contributed by atoms with van der Waals surface area (Å²) in [7, 11) is 0. The highest BCUT2D eigenvalue weighted by molar-refractivity contribution is 5.33. The largest absolute Gasteiger partial charge is 0.379 e. The molecule has 0 radical (unpaired) electrons. The van der Waals surface area contributed by atoms with E-state index in [9.17, 15) is 0 Å². The van der Waals surface area contributed by atoms with Gasteiger partial charge in [0.2, 0.25) is 0 Å². The minimum Gasteiger partial charge on any atom is -0.379 e. The Morgan fingerprint density at radius 2 is 1.60 bits per heavy atom. The predicted octanol–water partition coefficient (Wildman–Crippen LogP) is 3.27. The zero-order valence-corrected chi connectivity index (χ0v) is 10.1. The van der Waals surface area contributed by atoms with E-state index in [1.807, 2.05) is 0 Å². The van der Waals surface area contributed by atoms with Crippen molar-refractivity contribution < 1.29 is 4.74 Å². The molecule has 0 unspecified atom stereocenters. The molecule has 1 heteroatoms. The van der Waals surface area contributed by atoms with Gasteiger partial charge in [-0.1, -0.05) is 52.0 Å². The summed E-state index contributed by atoms with van der Waals surface area (Å²) in [5, 5.41) is 0. The van der Waals surface area contributed by atoms with Crippen molar-refractivity contribution in [2.24, 2.45) is 0 Å². The summed E-state index contributed by atoms with van der Waals surface area (Å²) in [5.41, 5.74) is 3.31. The van der Waals surface area contributed by atoms with Crippen LogP contribution in [0, 0.1) is 0 Å². The van der Waals surface area contributed by atoms with Crippen molar-refractivity contribution in [1.82, 2.24) is 0 Å². The summed E-state index contributed by atoms with van der Waals surface area (Å²) in [4.78, 5) is 0. The van der Waals surface area contributed by atoms with Gasteiger partial charge in [-0.25, -0.2) is 0 Å². The van der Waals surface area contributed by atoms with Crippen molar-refractivity contribution in [3.63, 3.8) is 0 Å². The van der Waals surface area contributed by atoms with E-state index < -0.39 is 0 Å². The van der Waals surface area contributed by atoms with E-state index in [2.05, 4.69) is 52.0 Å². The van der Waals surface area contributed by atoms with Crippen molar-refractivity contribution in [3.05, 3.63) is 35.4 Å². The highest BCUT2D eigenvalue weighted by Gasteiger charge is 2.35. The lowest BCUT2D eigenvalue weighted by molar-refractivity contribution is -0.0500. The van der Waals surface area contributed by atoms with Crippen molar-refractivity contribution in [2.75, 3.05) is 13.2 Å². The molecule has 0 N–H and O–H groups in total. The first-order valence-electron chi connectivity index (χ1n) is 5.61. The van der Waals surface area contributed by atoms with Gasteiger partial charge in [0.1, 0.15) is 0 Å². The van der Waals surface area contributed by atoms with Gasteiger partial charge in [-0.2, -0.15) is 0 Å². The van der Waals surface area contributed by atoms with Gasteiger partial charge in [-0.05, 0) is 16.5 Å². The van der Waals surface area contributed by atoms with Crippen LogP contribution in [-0.2, 0) is 15.6 Å². The average molecular weight is 204 g/mol. The lowest BCUT2D eigenvalue weighted by Gasteiger charge is -2.38. The number of benzene rings is 1. The quantitative estimate of drug-likeness (QED) is 0.682. The van der Waals surface area contributed by atoms with Crippen LogP contribution in [0.3, 0.4) is 0 Å². The van der Waals surface area contributed by atoms with Crippen LogP contribution in [0.4, 0.5) is 0 Å². The standard InChI is InChI=1S/C14H20O/c1-13(2,3)11-5-7-12(8-6-11)14(4)9-15-10-14/h5-8H,9-10H2,1-4H3. The minimum atomic E-state index is 0.246. The van der Waals surface area contributed by atoms with Crippen molar-refractivity contribution in [1.29, 1.82) is 0 Å². The van der Waals surface area contributed by atoms with Gasteiger partial charge in [0, 0.05) is 5.41 Å². The fourth-order valence-electron chi connectivity index (χ4n) is 1.95. The molecule has 0 aromatic heterocycles. The van der Waals surface area contributed by atoms with Crippen LogP contribution >= 0.6 is 0 Å². The van der Waals surface area contributed by atoms with E-state index in [4.69, 9.17) is 4.74 Å². The molecule has 0 saturated carbocycles.